The number of fused-ring (bicyclic) bond motifs is 1. The first-order chi connectivity index (χ1) is 15.2. The number of aromatic nitrogens is 2. The van der Waals surface area contributed by atoms with Gasteiger partial charge in [-0.15, -0.1) is 11.3 Å². The molecule has 0 radical (unpaired) electrons. The first-order valence-corrected chi connectivity index (χ1v) is 10.5. The Balaban J connectivity index is 1.82. The summed E-state index contributed by atoms with van der Waals surface area (Å²) in [6, 6.07) is 5.74. The number of hydrogen-bond donors (Lipinski definition) is 5. The Morgan fingerprint density at radius 3 is 2.62 bits per heavy atom. The zero-order valence-corrected chi connectivity index (χ0v) is 18.2. The van der Waals surface area contributed by atoms with Crippen LogP contribution in [-0.2, 0) is 16.0 Å². The number of aliphatic carboxylic acids is 2. The molecule has 0 aliphatic rings. The molecule has 0 saturated carbocycles. The average molecular weight is 458 g/mol. The zero-order chi connectivity index (χ0) is 23.4. The summed E-state index contributed by atoms with van der Waals surface area (Å²) in [6.07, 6.45) is -0.151. The monoisotopic (exact) mass is 458 g/mol. The third kappa shape index (κ3) is 5.30. The molecule has 0 bridgehead atoms. The second kappa shape index (κ2) is 9.60. The highest BCUT2D eigenvalue weighted by atomic mass is 32.1. The molecule has 32 heavy (non-hydrogen) atoms. The quantitative estimate of drug-likeness (QED) is 0.325. The van der Waals surface area contributed by atoms with Crippen LogP contribution in [0.5, 0.6) is 0 Å². The Bertz CT molecular complexity index is 1250. The number of H-pyrrole nitrogens is 1. The number of aryl methyl sites for hydroxylation is 1. The predicted octanol–water partition coefficient (Wildman–Crippen LogP) is 1.97. The zero-order valence-electron chi connectivity index (χ0n) is 17.4. The molecule has 1 aromatic carbocycles. The topological polar surface area (TPSA) is 161 Å². The molecule has 1 atom stereocenters. The van der Waals surface area contributed by atoms with Gasteiger partial charge in [-0.05, 0) is 42.7 Å². The highest BCUT2D eigenvalue weighted by Gasteiger charge is 2.23. The molecule has 0 unspecified atom stereocenters. The molecular formula is C21H22N4O6S. The number of carboxylic acids is 2. The normalized spacial score (nSPS) is 11.8. The molecule has 0 aliphatic carbocycles. The van der Waals surface area contributed by atoms with E-state index < -0.39 is 23.9 Å². The molecule has 3 aromatic rings. The van der Waals surface area contributed by atoms with Crippen LogP contribution in [0, 0.1) is 6.92 Å². The van der Waals surface area contributed by atoms with E-state index in [1.165, 1.54) is 0 Å². The van der Waals surface area contributed by atoms with Crippen LogP contribution in [0.1, 0.15) is 39.5 Å². The molecule has 2 aromatic heterocycles. The number of aromatic amines is 1. The van der Waals surface area contributed by atoms with Crippen molar-refractivity contribution in [2.75, 3.05) is 12.4 Å². The highest BCUT2D eigenvalue weighted by molar-refractivity contribution is 7.18. The van der Waals surface area contributed by atoms with Crippen LogP contribution < -0.4 is 16.2 Å². The van der Waals surface area contributed by atoms with E-state index in [0.717, 1.165) is 27.5 Å². The van der Waals surface area contributed by atoms with Gasteiger partial charge in [0.15, 0.2) is 0 Å². The average Bonchev–Trinajstić information content (AvgIpc) is 3.14. The molecule has 0 fully saturated rings. The molecule has 0 saturated heterocycles. The number of carboxylic acid groups (broad SMARTS) is 2. The van der Waals surface area contributed by atoms with E-state index in [0.29, 0.717) is 28.0 Å². The SMILES string of the molecule is CNc1sc(C(=O)N[C@@H](CCC(=O)O)C(=O)O)cc1Cc1ccc2nc(C)[nH]c(=O)c2c1. The van der Waals surface area contributed by atoms with Crippen molar-refractivity contribution in [3.8, 4) is 0 Å². The number of carbonyl (C=O) groups excluding carboxylic acids is 1. The van der Waals surface area contributed by atoms with Crippen molar-refractivity contribution in [3.63, 3.8) is 0 Å². The number of nitrogens with one attached hydrogen (secondary N) is 3. The first-order valence-electron chi connectivity index (χ1n) is 9.73. The number of hydrogen-bond acceptors (Lipinski definition) is 7. The van der Waals surface area contributed by atoms with Gasteiger partial charge in [-0.1, -0.05) is 6.07 Å². The van der Waals surface area contributed by atoms with E-state index in [9.17, 15) is 24.3 Å². The van der Waals surface area contributed by atoms with Gasteiger partial charge in [-0.2, -0.15) is 0 Å². The maximum atomic E-state index is 12.6. The summed E-state index contributed by atoms with van der Waals surface area (Å²) in [6.45, 7) is 1.71. The van der Waals surface area contributed by atoms with Crippen molar-refractivity contribution in [3.05, 3.63) is 56.4 Å². The lowest BCUT2D eigenvalue weighted by Crippen LogP contribution is -2.40. The first kappa shape index (κ1) is 22.9. The fourth-order valence-electron chi connectivity index (χ4n) is 3.27. The molecule has 10 nitrogen and oxygen atoms in total. The number of anilines is 1. The Hall–Kier alpha value is -3.73. The van der Waals surface area contributed by atoms with Gasteiger partial charge in [0.2, 0.25) is 0 Å². The lowest BCUT2D eigenvalue weighted by atomic mass is 10.0. The smallest absolute Gasteiger partial charge is 0.326 e. The molecule has 2 heterocycles. The highest BCUT2D eigenvalue weighted by Crippen LogP contribution is 2.30. The summed E-state index contributed by atoms with van der Waals surface area (Å²) in [5.41, 5.74) is 2.01. The number of carbonyl (C=O) groups is 3. The molecular weight excluding hydrogens is 436 g/mol. The van der Waals surface area contributed by atoms with Gasteiger partial charge in [0.1, 0.15) is 11.9 Å². The maximum Gasteiger partial charge on any atom is 0.326 e. The lowest BCUT2D eigenvalue weighted by Gasteiger charge is -2.12. The van der Waals surface area contributed by atoms with E-state index in [1.807, 2.05) is 6.07 Å². The summed E-state index contributed by atoms with van der Waals surface area (Å²) >= 11 is 1.16. The molecule has 11 heteroatoms. The minimum absolute atomic E-state index is 0.216. The Kier molecular flexibility index (Phi) is 6.89. The fourth-order valence-corrected chi connectivity index (χ4v) is 4.21. The van der Waals surface area contributed by atoms with Gasteiger partial charge in [0.25, 0.3) is 11.5 Å². The van der Waals surface area contributed by atoms with E-state index >= 15 is 0 Å². The van der Waals surface area contributed by atoms with Crippen LogP contribution >= 0.6 is 11.3 Å². The minimum Gasteiger partial charge on any atom is -0.481 e. The van der Waals surface area contributed by atoms with E-state index in [-0.39, 0.29) is 18.4 Å². The van der Waals surface area contributed by atoms with Crippen molar-refractivity contribution >= 4 is 45.1 Å². The Labute approximate surface area is 186 Å². The van der Waals surface area contributed by atoms with Crippen LogP contribution in [-0.4, -0.2) is 51.1 Å². The molecule has 3 rings (SSSR count). The number of amides is 1. The Morgan fingerprint density at radius 1 is 1.22 bits per heavy atom. The Morgan fingerprint density at radius 2 is 1.97 bits per heavy atom. The summed E-state index contributed by atoms with van der Waals surface area (Å²) in [5, 5.41) is 24.6. The van der Waals surface area contributed by atoms with Crippen LogP contribution in [0.3, 0.4) is 0 Å². The maximum absolute atomic E-state index is 12.6. The number of thiophene rings is 1. The van der Waals surface area contributed by atoms with Gasteiger partial charge in [-0.3, -0.25) is 14.4 Å². The van der Waals surface area contributed by atoms with Gasteiger partial charge < -0.3 is 25.8 Å². The largest absolute Gasteiger partial charge is 0.481 e. The van der Waals surface area contributed by atoms with Crippen molar-refractivity contribution in [1.29, 1.82) is 0 Å². The molecule has 0 aliphatic heterocycles. The van der Waals surface area contributed by atoms with Crippen molar-refractivity contribution in [1.82, 2.24) is 15.3 Å². The second-order valence-corrected chi connectivity index (χ2v) is 8.24. The van der Waals surface area contributed by atoms with Gasteiger partial charge >= 0.3 is 11.9 Å². The summed E-state index contributed by atoms with van der Waals surface area (Å²) < 4.78 is 0. The van der Waals surface area contributed by atoms with Gasteiger partial charge in [0, 0.05) is 19.9 Å². The van der Waals surface area contributed by atoms with E-state index in [4.69, 9.17) is 5.11 Å². The minimum atomic E-state index is -1.30. The van der Waals surface area contributed by atoms with Crippen LogP contribution in [0.4, 0.5) is 5.00 Å². The number of benzene rings is 1. The predicted molar refractivity (Wildman–Crippen MR) is 120 cm³/mol. The standard InChI is InChI=1S/C21H22N4O6S/c1-10-23-14-4-3-11(8-13(14)18(28)24-10)7-12-9-16(32-20(12)22-2)19(29)25-15(21(30)31)5-6-17(26)27/h3-4,8-9,15,22H,5-7H2,1-2H3,(H,25,29)(H,26,27)(H,30,31)(H,23,24,28)/t15-/m0/s1. The van der Waals surface area contributed by atoms with Crippen molar-refractivity contribution < 1.29 is 24.6 Å². The third-order valence-corrected chi connectivity index (χ3v) is 5.99. The molecule has 0 spiro atoms. The van der Waals surface area contributed by atoms with Gasteiger partial charge in [-0.25, -0.2) is 9.78 Å². The fraction of sp³-hybridized carbons (Fsp3) is 0.286. The molecule has 5 N–H and O–H groups in total. The third-order valence-electron chi connectivity index (χ3n) is 4.79. The van der Waals surface area contributed by atoms with E-state index in [2.05, 4.69) is 20.6 Å². The molecule has 168 valence electrons. The molecule has 1 amide bonds. The van der Waals surface area contributed by atoms with Crippen molar-refractivity contribution in [2.24, 2.45) is 0 Å². The second-order valence-electron chi connectivity index (χ2n) is 7.19. The van der Waals surface area contributed by atoms with Crippen LogP contribution in [0.15, 0.2) is 29.1 Å². The van der Waals surface area contributed by atoms with Crippen LogP contribution in [0.2, 0.25) is 0 Å². The van der Waals surface area contributed by atoms with Crippen molar-refractivity contribution in [2.45, 2.75) is 32.2 Å². The summed E-state index contributed by atoms with van der Waals surface area (Å²) in [5.74, 6) is -2.49. The van der Waals surface area contributed by atoms with E-state index in [1.54, 1.807) is 32.2 Å². The van der Waals surface area contributed by atoms with Gasteiger partial charge in [0.05, 0.1) is 20.8 Å². The number of nitrogens with zero attached hydrogens (tertiary/aromatic N) is 1. The summed E-state index contributed by atoms with van der Waals surface area (Å²) in [7, 11) is 1.71. The van der Waals surface area contributed by atoms with Crippen LogP contribution in [0.25, 0.3) is 10.9 Å². The lowest BCUT2D eigenvalue weighted by molar-refractivity contribution is -0.140. The summed E-state index contributed by atoms with van der Waals surface area (Å²) in [4.78, 5) is 54.2. The number of rotatable bonds is 9.